The van der Waals surface area contributed by atoms with E-state index in [1.165, 1.54) is 16.9 Å². The molecule has 4 N–H and O–H groups in total. The first-order chi connectivity index (χ1) is 12.6. The van der Waals surface area contributed by atoms with Gasteiger partial charge in [-0.1, -0.05) is 6.92 Å². The highest BCUT2D eigenvalue weighted by molar-refractivity contribution is 7.80. The molecule has 6 nitrogen and oxygen atoms in total. The molecule has 0 unspecified atom stereocenters. The van der Waals surface area contributed by atoms with Gasteiger partial charge in [-0.05, 0) is 49.0 Å². The Bertz CT molecular complexity index is 629. The van der Waals surface area contributed by atoms with E-state index in [1.54, 1.807) is 16.2 Å². The topological polar surface area (TPSA) is 66.8 Å². The number of morpholine rings is 1. The van der Waals surface area contributed by atoms with E-state index < -0.39 is 0 Å². The SMILES string of the molecule is C[C@@H]1CCc2sc(C(=O)NNC(=S)NCCC[NH+]3CCOCC3)cc2C1. The van der Waals surface area contributed by atoms with Crippen molar-refractivity contribution in [2.24, 2.45) is 5.92 Å². The average molecular weight is 398 g/mol. The van der Waals surface area contributed by atoms with Crippen LogP contribution < -0.4 is 21.1 Å². The molecule has 0 bridgehead atoms. The van der Waals surface area contributed by atoms with Crippen LogP contribution >= 0.6 is 23.6 Å². The maximum Gasteiger partial charge on any atom is 0.279 e. The number of nitrogens with one attached hydrogen (secondary N) is 4. The number of carbonyl (C=O) groups is 1. The van der Waals surface area contributed by atoms with Crippen LogP contribution in [0.15, 0.2) is 6.07 Å². The van der Waals surface area contributed by atoms with Gasteiger partial charge in [0.1, 0.15) is 13.1 Å². The fourth-order valence-electron chi connectivity index (χ4n) is 3.49. The van der Waals surface area contributed by atoms with Crippen molar-refractivity contribution in [2.45, 2.75) is 32.6 Å². The number of thiocarbonyl (C=S) groups is 1. The molecule has 0 spiro atoms. The van der Waals surface area contributed by atoms with Gasteiger partial charge in [-0.15, -0.1) is 11.3 Å². The third-order valence-corrected chi connectivity index (χ3v) is 6.52. The van der Waals surface area contributed by atoms with Gasteiger partial charge < -0.3 is 15.0 Å². The quantitative estimate of drug-likeness (QED) is 0.327. The van der Waals surface area contributed by atoms with Gasteiger partial charge in [0.15, 0.2) is 5.11 Å². The molecule has 2 aliphatic rings. The fraction of sp³-hybridized carbons (Fsp3) is 0.667. The molecule has 1 saturated heterocycles. The second-order valence-corrected chi connectivity index (χ2v) is 8.75. The molecule has 1 aliphatic carbocycles. The van der Waals surface area contributed by atoms with Gasteiger partial charge in [0.05, 0.1) is 24.6 Å². The molecule has 1 atom stereocenters. The van der Waals surface area contributed by atoms with E-state index in [0.717, 1.165) is 63.5 Å². The Morgan fingerprint density at radius 3 is 3.00 bits per heavy atom. The zero-order chi connectivity index (χ0) is 18.4. The number of hydrogen-bond donors (Lipinski definition) is 4. The second-order valence-electron chi connectivity index (χ2n) is 7.21. The van der Waals surface area contributed by atoms with Crippen molar-refractivity contribution in [2.75, 3.05) is 39.4 Å². The van der Waals surface area contributed by atoms with Gasteiger partial charge in [0.2, 0.25) is 0 Å². The molecular weight excluding hydrogens is 368 g/mol. The number of fused-ring (bicyclic) bond motifs is 1. The number of aryl methyl sites for hydroxylation is 1. The number of hydrazine groups is 1. The minimum absolute atomic E-state index is 0.112. The smallest absolute Gasteiger partial charge is 0.279 e. The Labute approximate surface area is 164 Å². The van der Waals surface area contributed by atoms with Gasteiger partial charge in [-0.3, -0.25) is 15.6 Å². The Morgan fingerprint density at radius 2 is 2.19 bits per heavy atom. The third kappa shape index (κ3) is 5.64. The van der Waals surface area contributed by atoms with Crippen LogP contribution in [0.5, 0.6) is 0 Å². The van der Waals surface area contributed by atoms with Crippen LogP contribution in [0.3, 0.4) is 0 Å². The van der Waals surface area contributed by atoms with Crippen molar-refractivity contribution < 1.29 is 14.4 Å². The highest BCUT2D eigenvalue weighted by Crippen LogP contribution is 2.31. The summed E-state index contributed by atoms with van der Waals surface area (Å²) in [4.78, 5) is 16.0. The number of amides is 1. The van der Waals surface area contributed by atoms with Crippen molar-refractivity contribution in [3.8, 4) is 0 Å². The summed E-state index contributed by atoms with van der Waals surface area (Å²) < 4.78 is 5.36. The Balaban J connectivity index is 1.33. The third-order valence-electron chi connectivity index (χ3n) is 5.04. The monoisotopic (exact) mass is 397 g/mol. The summed E-state index contributed by atoms with van der Waals surface area (Å²) in [5.74, 6) is 0.598. The van der Waals surface area contributed by atoms with Crippen molar-refractivity contribution in [3.63, 3.8) is 0 Å². The molecule has 26 heavy (non-hydrogen) atoms. The van der Waals surface area contributed by atoms with E-state index in [-0.39, 0.29) is 5.91 Å². The predicted molar refractivity (Wildman–Crippen MR) is 108 cm³/mol. The van der Waals surface area contributed by atoms with Crippen LogP contribution in [0.4, 0.5) is 0 Å². The Hall–Kier alpha value is -1.22. The minimum atomic E-state index is -0.112. The zero-order valence-electron chi connectivity index (χ0n) is 15.4. The molecule has 0 saturated carbocycles. The summed E-state index contributed by atoms with van der Waals surface area (Å²) in [6.07, 6.45) is 4.43. The van der Waals surface area contributed by atoms with Gasteiger partial charge in [-0.25, -0.2) is 0 Å². The van der Waals surface area contributed by atoms with Crippen LogP contribution in [-0.4, -0.2) is 50.4 Å². The summed E-state index contributed by atoms with van der Waals surface area (Å²) in [7, 11) is 0. The van der Waals surface area contributed by atoms with Crippen LogP contribution in [0.2, 0.25) is 0 Å². The molecule has 8 heteroatoms. The lowest BCUT2D eigenvalue weighted by molar-refractivity contribution is -0.908. The summed E-state index contributed by atoms with van der Waals surface area (Å²) in [6.45, 7) is 8.08. The minimum Gasteiger partial charge on any atom is -0.370 e. The largest absolute Gasteiger partial charge is 0.370 e. The first kappa shape index (κ1) is 19.5. The summed E-state index contributed by atoms with van der Waals surface area (Å²) in [6, 6.07) is 2.04. The number of thiophene rings is 1. The molecule has 0 aromatic carbocycles. The number of rotatable bonds is 5. The van der Waals surface area contributed by atoms with E-state index >= 15 is 0 Å². The van der Waals surface area contributed by atoms with E-state index in [0.29, 0.717) is 11.0 Å². The maximum absolute atomic E-state index is 12.3. The maximum atomic E-state index is 12.3. The van der Waals surface area contributed by atoms with Gasteiger partial charge in [-0.2, -0.15) is 0 Å². The molecule has 144 valence electrons. The summed E-state index contributed by atoms with van der Waals surface area (Å²) >= 11 is 6.84. The Morgan fingerprint density at radius 1 is 1.38 bits per heavy atom. The number of ether oxygens (including phenoxy) is 1. The highest BCUT2D eigenvalue weighted by Gasteiger charge is 2.20. The standard InChI is InChI=1S/C18H28N4O2S2/c1-13-3-4-15-14(11-13)12-16(26-15)17(23)20-21-18(25)19-5-2-6-22-7-9-24-10-8-22/h12-13H,2-11H2,1H3,(H,20,23)(H2,19,21,25)/p+1/t13-/m1/s1. The Kier molecular flexibility index (Phi) is 7.24. The molecule has 1 aromatic heterocycles. The van der Waals surface area contributed by atoms with Crippen LogP contribution in [0.1, 0.15) is 39.9 Å². The predicted octanol–water partition coefficient (Wildman–Crippen LogP) is 0.287. The first-order valence-corrected chi connectivity index (χ1v) is 10.7. The van der Waals surface area contributed by atoms with E-state index in [9.17, 15) is 4.79 Å². The second kappa shape index (κ2) is 9.64. The lowest BCUT2D eigenvalue weighted by Gasteiger charge is -2.23. The van der Waals surface area contributed by atoms with Crippen LogP contribution in [-0.2, 0) is 17.6 Å². The molecule has 1 fully saturated rings. The normalized spacial score (nSPS) is 20.3. The highest BCUT2D eigenvalue weighted by atomic mass is 32.1. The molecule has 0 radical (unpaired) electrons. The summed E-state index contributed by atoms with van der Waals surface area (Å²) in [5, 5.41) is 3.61. The average Bonchev–Trinajstić information content (AvgIpc) is 3.07. The summed E-state index contributed by atoms with van der Waals surface area (Å²) in [5.41, 5.74) is 6.85. The van der Waals surface area contributed by atoms with E-state index in [1.807, 2.05) is 6.07 Å². The zero-order valence-corrected chi connectivity index (χ0v) is 17.0. The van der Waals surface area contributed by atoms with E-state index in [4.69, 9.17) is 17.0 Å². The molecule has 2 heterocycles. The number of hydrogen-bond acceptors (Lipinski definition) is 4. The molecule has 3 rings (SSSR count). The molecule has 1 amide bonds. The lowest BCUT2D eigenvalue weighted by atomic mass is 9.90. The van der Waals surface area contributed by atoms with Crippen LogP contribution in [0, 0.1) is 5.92 Å². The van der Waals surface area contributed by atoms with Gasteiger partial charge in [0.25, 0.3) is 5.91 Å². The van der Waals surface area contributed by atoms with Gasteiger partial charge in [0, 0.05) is 17.8 Å². The first-order valence-electron chi connectivity index (χ1n) is 9.49. The van der Waals surface area contributed by atoms with Crippen molar-refractivity contribution in [1.82, 2.24) is 16.2 Å². The van der Waals surface area contributed by atoms with E-state index in [2.05, 4.69) is 23.1 Å². The lowest BCUT2D eigenvalue weighted by Crippen LogP contribution is -3.14. The molecule has 1 aromatic rings. The number of carbonyl (C=O) groups excluding carboxylic acids is 1. The van der Waals surface area contributed by atoms with Crippen molar-refractivity contribution in [3.05, 3.63) is 21.4 Å². The molecular formula is C18H29N4O2S2+. The van der Waals surface area contributed by atoms with Crippen molar-refractivity contribution in [1.29, 1.82) is 0 Å². The molecule has 1 aliphatic heterocycles. The van der Waals surface area contributed by atoms with Crippen molar-refractivity contribution >= 4 is 34.6 Å². The fourth-order valence-corrected chi connectivity index (χ4v) is 4.74. The van der Waals surface area contributed by atoms with Crippen LogP contribution in [0.25, 0.3) is 0 Å². The van der Waals surface area contributed by atoms with Gasteiger partial charge >= 0.3 is 0 Å². The number of quaternary nitrogens is 1.